The monoisotopic (exact) mass is 272 g/mol. The van der Waals surface area contributed by atoms with Gasteiger partial charge in [-0.25, -0.2) is 0 Å². The normalized spacial score (nSPS) is 25.5. The van der Waals surface area contributed by atoms with Gasteiger partial charge in [0.1, 0.15) is 6.10 Å². The highest BCUT2D eigenvalue weighted by Gasteiger charge is 2.28. The number of rotatable bonds is 2. The molecule has 82 valence electrons. The molecule has 5 heteroatoms. The van der Waals surface area contributed by atoms with Crippen LogP contribution < -0.4 is 0 Å². The highest BCUT2D eigenvalue weighted by molar-refractivity contribution is 9.10. The Bertz CT molecular complexity index is 364. The van der Waals surface area contributed by atoms with Gasteiger partial charge in [-0.15, -0.1) is 0 Å². The average Bonchev–Trinajstić information content (AvgIpc) is 2.72. The van der Waals surface area contributed by atoms with Gasteiger partial charge >= 0.3 is 5.97 Å². The van der Waals surface area contributed by atoms with Gasteiger partial charge in [-0.2, -0.15) is 5.10 Å². The molecule has 1 aliphatic carbocycles. The van der Waals surface area contributed by atoms with Crippen LogP contribution in [-0.2, 0) is 9.53 Å². The minimum Gasteiger partial charge on any atom is -0.462 e. The Morgan fingerprint density at radius 3 is 3.07 bits per heavy atom. The molecule has 0 aliphatic heterocycles. The lowest BCUT2D eigenvalue weighted by atomic mass is 10.2. The Kier molecular flexibility index (Phi) is 3.09. The number of carbonyl (C=O) groups excluding carboxylic acids is 1. The minimum absolute atomic E-state index is 0.0653. The summed E-state index contributed by atoms with van der Waals surface area (Å²) in [5.74, 6) is -0.192. The van der Waals surface area contributed by atoms with Crippen LogP contribution in [0, 0.1) is 0 Å². The summed E-state index contributed by atoms with van der Waals surface area (Å²) in [6.07, 6.45) is 6.62. The average molecular weight is 273 g/mol. The van der Waals surface area contributed by atoms with Crippen molar-refractivity contribution in [2.45, 2.75) is 38.3 Å². The van der Waals surface area contributed by atoms with E-state index in [1.165, 1.54) is 6.92 Å². The van der Waals surface area contributed by atoms with E-state index in [1.807, 2.05) is 10.9 Å². The number of esters is 1. The molecular weight excluding hydrogens is 260 g/mol. The van der Waals surface area contributed by atoms with Gasteiger partial charge in [0, 0.05) is 19.5 Å². The van der Waals surface area contributed by atoms with Crippen molar-refractivity contribution in [3.63, 3.8) is 0 Å². The van der Waals surface area contributed by atoms with E-state index in [-0.39, 0.29) is 12.1 Å². The molecule has 2 atom stereocenters. The van der Waals surface area contributed by atoms with Crippen LogP contribution in [0.3, 0.4) is 0 Å². The van der Waals surface area contributed by atoms with Gasteiger partial charge in [0.2, 0.25) is 0 Å². The third-order valence-electron chi connectivity index (χ3n) is 2.63. The summed E-state index contributed by atoms with van der Waals surface area (Å²) in [6.45, 7) is 1.46. The van der Waals surface area contributed by atoms with Gasteiger partial charge in [0.15, 0.2) is 0 Å². The van der Waals surface area contributed by atoms with E-state index in [2.05, 4.69) is 21.0 Å². The lowest BCUT2D eigenvalue weighted by Crippen LogP contribution is -2.13. The first-order valence-corrected chi connectivity index (χ1v) is 5.81. The van der Waals surface area contributed by atoms with Crippen molar-refractivity contribution in [1.29, 1.82) is 0 Å². The standard InChI is InChI=1S/C10H13BrN2O2/c1-7(14)15-10-3-2-9(4-10)13-6-8(11)5-12-13/h5-6,9-10H,2-4H2,1H3. The van der Waals surface area contributed by atoms with Gasteiger partial charge < -0.3 is 4.74 Å². The Balaban J connectivity index is 1.95. The van der Waals surface area contributed by atoms with Crippen molar-refractivity contribution in [1.82, 2.24) is 9.78 Å². The molecule has 0 N–H and O–H groups in total. The number of hydrogen-bond acceptors (Lipinski definition) is 3. The lowest BCUT2D eigenvalue weighted by Gasteiger charge is -2.11. The molecule has 1 fully saturated rings. The zero-order valence-corrected chi connectivity index (χ0v) is 10.1. The summed E-state index contributed by atoms with van der Waals surface area (Å²) in [6, 6.07) is 0.362. The maximum absolute atomic E-state index is 10.8. The second-order valence-electron chi connectivity index (χ2n) is 3.84. The Hall–Kier alpha value is -0.840. The molecule has 15 heavy (non-hydrogen) atoms. The maximum atomic E-state index is 10.8. The number of hydrogen-bond donors (Lipinski definition) is 0. The SMILES string of the molecule is CC(=O)OC1CCC(n2cc(Br)cn2)C1. The summed E-state index contributed by atoms with van der Waals surface area (Å²) in [4.78, 5) is 10.8. The van der Waals surface area contributed by atoms with E-state index < -0.39 is 0 Å². The van der Waals surface area contributed by atoms with Crippen molar-refractivity contribution in [3.05, 3.63) is 16.9 Å². The predicted octanol–water partition coefficient (Wildman–Crippen LogP) is 2.30. The summed E-state index contributed by atoms with van der Waals surface area (Å²) in [5, 5.41) is 4.24. The van der Waals surface area contributed by atoms with Crippen LogP contribution in [0.2, 0.25) is 0 Å². The van der Waals surface area contributed by atoms with Gasteiger partial charge in [-0.1, -0.05) is 0 Å². The second-order valence-corrected chi connectivity index (χ2v) is 4.75. The number of aromatic nitrogens is 2. The molecule has 0 saturated heterocycles. The Morgan fingerprint density at radius 2 is 2.47 bits per heavy atom. The van der Waals surface area contributed by atoms with Crippen LogP contribution in [0.15, 0.2) is 16.9 Å². The van der Waals surface area contributed by atoms with E-state index in [4.69, 9.17) is 4.74 Å². The predicted molar refractivity (Wildman–Crippen MR) is 58.4 cm³/mol. The van der Waals surface area contributed by atoms with Gasteiger partial charge in [0.25, 0.3) is 0 Å². The molecule has 0 amide bonds. The molecule has 1 aromatic heterocycles. The summed E-state index contributed by atoms with van der Waals surface area (Å²) < 4.78 is 8.10. The third-order valence-corrected chi connectivity index (χ3v) is 3.04. The fourth-order valence-corrected chi connectivity index (χ4v) is 2.32. The van der Waals surface area contributed by atoms with Gasteiger partial charge in [-0.05, 0) is 28.8 Å². The number of carbonyl (C=O) groups is 1. The van der Waals surface area contributed by atoms with E-state index >= 15 is 0 Å². The zero-order chi connectivity index (χ0) is 10.8. The molecule has 1 heterocycles. The number of halogens is 1. The highest BCUT2D eigenvalue weighted by atomic mass is 79.9. The smallest absolute Gasteiger partial charge is 0.302 e. The molecule has 1 saturated carbocycles. The Labute approximate surface area is 96.7 Å². The van der Waals surface area contributed by atoms with Crippen molar-refractivity contribution in [2.24, 2.45) is 0 Å². The fraction of sp³-hybridized carbons (Fsp3) is 0.600. The molecule has 2 unspecified atom stereocenters. The first-order valence-electron chi connectivity index (χ1n) is 5.02. The van der Waals surface area contributed by atoms with Crippen LogP contribution in [0.5, 0.6) is 0 Å². The van der Waals surface area contributed by atoms with Crippen LogP contribution in [0.25, 0.3) is 0 Å². The van der Waals surface area contributed by atoms with Crippen LogP contribution in [-0.4, -0.2) is 21.9 Å². The highest BCUT2D eigenvalue weighted by Crippen LogP contribution is 2.31. The molecule has 1 aliphatic rings. The molecule has 4 nitrogen and oxygen atoms in total. The van der Waals surface area contributed by atoms with E-state index in [9.17, 15) is 4.79 Å². The van der Waals surface area contributed by atoms with Crippen LogP contribution >= 0.6 is 15.9 Å². The summed E-state index contributed by atoms with van der Waals surface area (Å²) in [7, 11) is 0. The largest absolute Gasteiger partial charge is 0.462 e. The van der Waals surface area contributed by atoms with E-state index in [0.717, 1.165) is 23.7 Å². The zero-order valence-electron chi connectivity index (χ0n) is 8.52. The molecule has 0 radical (unpaired) electrons. The molecule has 1 aromatic rings. The quantitative estimate of drug-likeness (QED) is 0.776. The van der Waals surface area contributed by atoms with Gasteiger partial charge in [-0.3, -0.25) is 9.48 Å². The summed E-state index contributed by atoms with van der Waals surface area (Å²) in [5.41, 5.74) is 0. The van der Waals surface area contributed by atoms with E-state index in [1.54, 1.807) is 6.20 Å². The number of ether oxygens (including phenoxy) is 1. The third kappa shape index (κ3) is 2.59. The Morgan fingerprint density at radius 1 is 1.67 bits per heavy atom. The molecular formula is C10H13BrN2O2. The lowest BCUT2D eigenvalue weighted by molar-refractivity contribution is -0.146. The first-order chi connectivity index (χ1) is 7.15. The van der Waals surface area contributed by atoms with Crippen LogP contribution in [0.1, 0.15) is 32.2 Å². The molecule has 0 spiro atoms. The topological polar surface area (TPSA) is 44.1 Å². The van der Waals surface area contributed by atoms with Crippen molar-refractivity contribution >= 4 is 21.9 Å². The van der Waals surface area contributed by atoms with E-state index in [0.29, 0.717) is 6.04 Å². The van der Waals surface area contributed by atoms with Crippen molar-refractivity contribution in [2.75, 3.05) is 0 Å². The maximum Gasteiger partial charge on any atom is 0.302 e. The van der Waals surface area contributed by atoms with Gasteiger partial charge in [0.05, 0.1) is 16.7 Å². The number of nitrogens with zero attached hydrogens (tertiary/aromatic N) is 2. The minimum atomic E-state index is -0.192. The van der Waals surface area contributed by atoms with Crippen molar-refractivity contribution in [3.8, 4) is 0 Å². The van der Waals surface area contributed by atoms with Crippen molar-refractivity contribution < 1.29 is 9.53 Å². The van der Waals surface area contributed by atoms with Crippen LogP contribution in [0.4, 0.5) is 0 Å². The molecule has 0 bridgehead atoms. The molecule has 0 aromatic carbocycles. The molecule has 2 rings (SSSR count). The summed E-state index contributed by atoms with van der Waals surface area (Å²) >= 11 is 3.37. The first kappa shape index (κ1) is 10.7. The second kappa shape index (κ2) is 4.35. The fourth-order valence-electron chi connectivity index (χ4n) is 2.01.